The SMILES string of the molecule is CC(CC(=O)NCC(N)C1CC1)c1cccc(F)c1. The van der Waals surface area contributed by atoms with Crippen LogP contribution >= 0.6 is 0 Å². The van der Waals surface area contributed by atoms with E-state index in [9.17, 15) is 9.18 Å². The summed E-state index contributed by atoms with van der Waals surface area (Å²) < 4.78 is 13.1. The minimum absolute atomic E-state index is 0.00727. The Morgan fingerprint density at radius 1 is 1.53 bits per heavy atom. The number of nitrogens with one attached hydrogen (secondary N) is 1. The molecule has 3 N–H and O–H groups in total. The summed E-state index contributed by atoms with van der Waals surface area (Å²) in [6.45, 7) is 2.47. The van der Waals surface area contributed by atoms with Crippen molar-refractivity contribution in [1.29, 1.82) is 0 Å². The van der Waals surface area contributed by atoms with E-state index < -0.39 is 0 Å². The molecule has 0 aromatic heterocycles. The molecule has 3 nitrogen and oxygen atoms in total. The van der Waals surface area contributed by atoms with Gasteiger partial charge in [-0.3, -0.25) is 4.79 Å². The number of nitrogens with two attached hydrogens (primary N) is 1. The van der Waals surface area contributed by atoms with Gasteiger partial charge in [0, 0.05) is 19.0 Å². The molecular weight excluding hydrogens is 243 g/mol. The minimum Gasteiger partial charge on any atom is -0.355 e. The second-order valence-electron chi connectivity index (χ2n) is 5.47. The number of carbonyl (C=O) groups is 1. The van der Waals surface area contributed by atoms with E-state index in [0.717, 1.165) is 5.56 Å². The standard InChI is InChI=1S/C15H21FN2O/c1-10(12-3-2-4-13(16)8-12)7-15(19)18-9-14(17)11-5-6-11/h2-4,8,10-11,14H,5-7,9,17H2,1H3,(H,18,19). The van der Waals surface area contributed by atoms with Crippen LogP contribution in [0.25, 0.3) is 0 Å². The Morgan fingerprint density at radius 2 is 2.26 bits per heavy atom. The zero-order chi connectivity index (χ0) is 13.8. The van der Waals surface area contributed by atoms with Gasteiger partial charge in [-0.2, -0.15) is 0 Å². The Morgan fingerprint density at radius 3 is 2.89 bits per heavy atom. The largest absolute Gasteiger partial charge is 0.355 e. The van der Waals surface area contributed by atoms with Crippen molar-refractivity contribution in [3.05, 3.63) is 35.6 Å². The third-order valence-corrected chi connectivity index (χ3v) is 3.67. The van der Waals surface area contributed by atoms with Crippen LogP contribution in [0.5, 0.6) is 0 Å². The maximum Gasteiger partial charge on any atom is 0.220 e. The third-order valence-electron chi connectivity index (χ3n) is 3.67. The third kappa shape index (κ3) is 4.31. The second kappa shape index (κ2) is 6.15. The highest BCUT2D eigenvalue weighted by atomic mass is 19.1. The molecule has 0 bridgehead atoms. The van der Waals surface area contributed by atoms with Gasteiger partial charge in [0.15, 0.2) is 0 Å². The van der Waals surface area contributed by atoms with Crippen LogP contribution in [-0.2, 0) is 4.79 Å². The lowest BCUT2D eigenvalue weighted by atomic mass is 9.97. The molecule has 1 aromatic carbocycles. The van der Waals surface area contributed by atoms with Gasteiger partial charge in [0.1, 0.15) is 5.82 Å². The van der Waals surface area contributed by atoms with Crippen LogP contribution in [0.2, 0.25) is 0 Å². The van der Waals surface area contributed by atoms with Crippen molar-refractivity contribution in [2.24, 2.45) is 11.7 Å². The van der Waals surface area contributed by atoms with E-state index >= 15 is 0 Å². The smallest absolute Gasteiger partial charge is 0.220 e. The first-order valence-electron chi connectivity index (χ1n) is 6.84. The molecule has 4 heteroatoms. The van der Waals surface area contributed by atoms with E-state index in [-0.39, 0.29) is 23.7 Å². The predicted octanol–water partition coefficient (Wildman–Crippen LogP) is 2.17. The molecule has 1 aromatic rings. The maximum atomic E-state index is 13.1. The molecule has 1 fully saturated rings. The molecule has 1 saturated carbocycles. The number of amides is 1. The average Bonchev–Trinajstić information content (AvgIpc) is 3.20. The van der Waals surface area contributed by atoms with E-state index in [1.807, 2.05) is 13.0 Å². The van der Waals surface area contributed by atoms with Crippen LogP contribution in [-0.4, -0.2) is 18.5 Å². The number of benzene rings is 1. The summed E-state index contributed by atoms with van der Waals surface area (Å²) >= 11 is 0. The van der Waals surface area contributed by atoms with Crippen LogP contribution in [0.15, 0.2) is 24.3 Å². The fourth-order valence-electron chi connectivity index (χ4n) is 2.20. The zero-order valence-corrected chi connectivity index (χ0v) is 11.2. The molecule has 2 unspecified atom stereocenters. The molecule has 104 valence electrons. The number of hydrogen-bond donors (Lipinski definition) is 2. The second-order valence-corrected chi connectivity index (χ2v) is 5.47. The first kappa shape index (κ1) is 14.0. The highest BCUT2D eigenvalue weighted by Crippen LogP contribution is 2.31. The highest BCUT2D eigenvalue weighted by Gasteiger charge is 2.28. The number of hydrogen-bond acceptors (Lipinski definition) is 2. The number of rotatable bonds is 6. The minimum atomic E-state index is -0.263. The fraction of sp³-hybridized carbons (Fsp3) is 0.533. The van der Waals surface area contributed by atoms with E-state index in [0.29, 0.717) is 18.9 Å². The summed E-state index contributed by atoms with van der Waals surface area (Å²) in [7, 11) is 0. The van der Waals surface area contributed by atoms with E-state index in [4.69, 9.17) is 5.73 Å². The van der Waals surface area contributed by atoms with Crippen molar-refractivity contribution >= 4 is 5.91 Å². The van der Waals surface area contributed by atoms with Crippen LogP contribution in [0.4, 0.5) is 4.39 Å². The van der Waals surface area contributed by atoms with Gasteiger partial charge in [0.05, 0.1) is 0 Å². The van der Waals surface area contributed by atoms with Crippen LogP contribution in [0.1, 0.15) is 37.7 Å². The predicted molar refractivity (Wildman–Crippen MR) is 73.1 cm³/mol. The summed E-state index contributed by atoms with van der Waals surface area (Å²) in [5.41, 5.74) is 6.77. The van der Waals surface area contributed by atoms with Crippen molar-refractivity contribution in [3.63, 3.8) is 0 Å². The average molecular weight is 264 g/mol. The summed E-state index contributed by atoms with van der Waals surface area (Å²) in [5, 5.41) is 2.86. The fourth-order valence-corrected chi connectivity index (χ4v) is 2.20. The Bertz CT molecular complexity index is 446. The summed E-state index contributed by atoms with van der Waals surface area (Å²) in [4.78, 5) is 11.8. The molecule has 0 heterocycles. The Kier molecular flexibility index (Phi) is 4.53. The van der Waals surface area contributed by atoms with Gasteiger partial charge in [-0.05, 0) is 42.4 Å². The van der Waals surface area contributed by atoms with Gasteiger partial charge in [-0.15, -0.1) is 0 Å². The molecule has 1 amide bonds. The van der Waals surface area contributed by atoms with Gasteiger partial charge in [0.25, 0.3) is 0 Å². The molecule has 0 saturated heterocycles. The van der Waals surface area contributed by atoms with E-state index in [1.54, 1.807) is 6.07 Å². The highest BCUT2D eigenvalue weighted by molar-refractivity contribution is 5.76. The molecule has 19 heavy (non-hydrogen) atoms. The number of halogens is 1. The van der Waals surface area contributed by atoms with Crippen molar-refractivity contribution in [1.82, 2.24) is 5.32 Å². The van der Waals surface area contributed by atoms with Gasteiger partial charge in [-0.1, -0.05) is 19.1 Å². The first-order valence-corrected chi connectivity index (χ1v) is 6.84. The quantitative estimate of drug-likeness (QED) is 0.827. The zero-order valence-electron chi connectivity index (χ0n) is 11.2. The van der Waals surface area contributed by atoms with E-state index in [2.05, 4.69) is 5.32 Å². The normalized spacial score (nSPS) is 17.8. The van der Waals surface area contributed by atoms with Gasteiger partial charge in [0.2, 0.25) is 5.91 Å². The van der Waals surface area contributed by atoms with Crippen LogP contribution in [0, 0.1) is 11.7 Å². The molecule has 1 aliphatic rings. The monoisotopic (exact) mass is 264 g/mol. The summed E-state index contributed by atoms with van der Waals surface area (Å²) in [5.74, 6) is 0.308. The van der Waals surface area contributed by atoms with Crippen molar-refractivity contribution < 1.29 is 9.18 Å². The summed E-state index contributed by atoms with van der Waals surface area (Å²) in [6, 6.07) is 6.48. The first-order chi connectivity index (χ1) is 9.06. The lowest BCUT2D eigenvalue weighted by Gasteiger charge is -2.14. The molecule has 0 aliphatic heterocycles. The topological polar surface area (TPSA) is 55.1 Å². The Hall–Kier alpha value is -1.42. The van der Waals surface area contributed by atoms with Gasteiger partial charge < -0.3 is 11.1 Å². The Balaban J connectivity index is 1.77. The molecule has 0 radical (unpaired) electrons. The van der Waals surface area contributed by atoms with E-state index in [1.165, 1.54) is 25.0 Å². The van der Waals surface area contributed by atoms with Gasteiger partial charge in [-0.25, -0.2) is 4.39 Å². The summed E-state index contributed by atoms with van der Waals surface area (Å²) in [6.07, 6.45) is 2.72. The van der Waals surface area contributed by atoms with Crippen molar-refractivity contribution in [2.45, 2.75) is 38.1 Å². The molecule has 2 rings (SSSR count). The maximum absolute atomic E-state index is 13.1. The number of carbonyl (C=O) groups excluding carboxylic acids is 1. The lowest BCUT2D eigenvalue weighted by Crippen LogP contribution is -2.38. The van der Waals surface area contributed by atoms with Crippen molar-refractivity contribution in [2.75, 3.05) is 6.54 Å². The van der Waals surface area contributed by atoms with Crippen molar-refractivity contribution in [3.8, 4) is 0 Å². The van der Waals surface area contributed by atoms with Crippen LogP contribution < -0.4 is 11.1 Å². The Labute approximate surface area is 113 Å². The molecule has 2 atom stereocenters. The van der Waals surface area contributed by atoms with Crippen LogP contribution in [0.3, 0.4) is 0 Å². The molecule has 1 aliphatic carbocycles. The lowest BCUT2D eigenvalue weighted by molar-refractivity contribution is -0.121. The van der Waals surface area contributed by atoms with Gasteiger partial charge >= 0.3 is 0 Å². The molecular formula is C15H21FN2O. The molecule has 0 spiro atoms.